The van der Waals surface area contributed by atoms with Crippen LogP contribution in [0.5, 0.6) is 0 Å². The van der Waals surface area contributed by atoms with E-state index in [0.717, 1.165) is 22.9 Å². The predicted molar refractivity (Wildman–Crippen MR) is 34.6 cm³/mol. The number of allylic oxidation sites excluding steroid dienone is 1. The highest BCUT2D eigenvalue weighted by Gasteiger charge is 1.91. The molecule has 0 saturated heterocycles. The van der Waals surface area contributed by atoms with E-state index in [9.17, 15) is 4.79 Å². The minimum Gasteiger partial charge on any atom is -0.303 e. The minimum atomic E-state index is 0.289. The second kappa shape index (κ2) is 3.80. The fourth-order valence-corrected chi connectivity index (χ4v) is 0.652. The van der Waals surface area contributed by atoms with Gasteiger partial charge in [0.2, 0.25) is 0 Å². The Labute approximate surface area is 46.8 Å². The highest BCUT2D eigenvalue weighted by Crippen LogP contribution is 1.98. The molecule has 1 unspecified atom stereocenters. The minimum absolute atomic E-state index is 0.289. The monoisotopic (exact) mass is 114 g/mol. The molecule has 0 heterocycles. The summed E-state index contributed by atoms with van der Waals surface area (Å²) in [5, 5.41) is 0. The van der Waals surface area contributed by atoms with Gasteiger partial charge in [0.25, 0.3) is 0 Å². The third-order valence-corrected chi connectivity index (χ3v) is 1.51. The molecular weight excluding hydrogens is 104 g/mol. The van der Waals surface area contributed by atoms with Crippen LogP contribution in [0.25, 0.3) is 0 Å². The normalized spacial score (nSPS) is 13.1. The van der Waals surface area contributed by atoms with Crippen molar-refractivity contribution >= 4 is 16.5 Å². The molecule has 0 aliphatic heterocycles. The van der Waals surface area contributed by atoms with Gasteiger partial charge in [-0.2, -0.15) is 0 Å². The molecule has 0 aliphatic rings. The van der Waals surface area contributed by atoms with Gasteiger partial charge in [-0.05, 0) is 6.42 Å². The van der Waals surface area contributed by atoms with Gasteiger partial charge in [0.05, 0.1) is 0 Å². The van der Waals surface area contributed by atoms with Crippen LogP contribution in [0.2, 0.25) is 5.54 Å². The Balaban J connectivity index is 3.15. The molecule has 2 heteroatoms. The first-order chi connectivity index (χ1) is 3.31. The lowest BCUT2D eigenvalue weighted by atomic mass is 10.3. The van der Waals surface area contributed by atoms with Crippen molar-refractivity contribution in [3.8, 4) is 0 Å². The Morgan fingerprint density at radius 3 is 2.57 bits per heavy atom. The fourth-order valence-electron chi connectivity index (χ4n) is 0.318. The van der Waals surface area contributed by atoms with E-state index in [1.807, 2.05) is 0 Å². The predicted octanol–water partition coefficient (Wildman–Crippen LogP) is -0.0847. The zero-order chi connectivity index (χ0) is 5.70. The van der Waals surface area contributed by atoms with Crippen LogP contribution in [-0.4, -0.2) is 16.5 Å². The zero-order valence-corrected chi connectivity index (χ0v) is 6.55. The van der Waals surface area contributed by atoms with Crippen molar-refractivity contribution in [3.63, 3.8) is 0 Å². The van der Waals surface area contributed by atoms with Gasteiger partial charge in [0.1, 0.15) is 6.29 Å². The Kier molecular flexibility index (Phi) is 3.60. The number of rotatable bonds is 3. The van der Waals surface area contributed by atoms with Gasteiger partial charge in [-0.15, -0.1) is 6.58 Å². The first-order valence-electron chi connectivity index (χ1n) is 2.37. The Morgan fingerprint density at radius 1 is 1.86 bits per heavy atom. The summed E-state index contributed by atoms with van der Waals surface area (Å²) in [7, 11) is 0.960. The summed E-state index contributed by atoms with van der Waals surface area (Å²) in [6, 6.07) is 0. The van der Waals surface area contributed by atoms with E-state index in [1.54, 1.807) is 6.08 Å². The van der Waals surface area contributed by atoms with Crippen molar-refractivity contribution in [1.82, 2.24) is 0 Å². The standard InChI is InChI=1S/C5H10OSi/c1-2-3-5(7)4-6/h2,4-5H,1,3H2,7H3. The topological polar surface area (TPSA) is 17.1 Å². The maximum Gasteiger partial charge on any atom is 0.119 e. The Bertz CT molecular complexity index is 70.5. The lowest BCUT2D eigenvalue weighted by Gasteiger charge is -1.91. The molecule has 0 spiro atoms. The quantitative estimate of drug-likeness (QED) is 0.285. The smallest absolute Gasteiger partial charge is 0.119 e. The van der Waals surface area contributed by atoms with Crippen molar-refractivity contribution in [2.45, 2.75) is 12.0 Å². The van der Waals surface area contributed by atoms with E-state index < -0.39 is 0 Å². The van der Waals surface area contributed by atoms with Gasteiger partial charge in [-0.25, -0.2) is 0 Å². The summed E-state index contributed by atoms with van der Waals surface area (Å²) in [5.41, 5.74) is 0.289. The number of hydrogen-bond acceptors (Lipinski definition) is 1. The summed E-state index contributed by atoms with van der Waals surface area (Å²) in [5.74, 6) is 0. The molecule has 0 aromatic rings. The molecule has 0 aromatic carbocycles. The van der Waals surface area contributed by atoms with E-state index in [0.29, 0.717) is 0 Å². The average molecular weight is 114 g/mol. The number of hydrogen-bond donors (Lipinski definition) is 0. The second-order valence-electron chi connectivity index (χ2n) is 1.64. The molecule has 7 heavy (non-hydrogen) atoms. The lowest BCUT2D eigenvalue weighted by molar-refractivity contribution is -0.107. The number of carbonyl (C=O) groups excluding carboxylic acids is 1. The molecule has 40 valence electrons. The number of aldehydes is 1. The Hall–Kier alpha value is -0.373. The largest absolute Gasteiger partial charge is 0.303 e. The molecule has 1 atom stereocenters. The summed E-state index contributed by atoms with van der Waals surface area (Å²) >= 11 is 0. The van der Waals surface area contributed by atoms with E-state index in [2.05, 4.69) is 6.58 Å². The number of carbonyl (C=O) groups is 1. The molecule has 1 nitrogen and oxygen atoms in total. The third-order valence-electron chi connectivity index (χ3n) is 0.771. The lowest BCUT2D eigenvalue weighted by Crippen LogP contribution is -1.89. The third kappa shape index (κ3) is 3.46. The van der Waals surface area contributed by atoms with Crippen molar-refractivity contribution in [1.29, 1.82) is 0 Å². The van der Waals surface area contributed by atoms with Crippen molar-refractivity contribution in [2.24, 2.45) is 0 Å². The molecule has 0 rings (SSSR count). The highest BCUT2D eigenvalue weighted by molar-refractivity contribution is 6.19. The summed E-state index contributed by atoms with van der Waals surface area (Å²) in [4.78, 5) is 9.88. The van der Waals surface area contributed by atoms with Crippen molar-refractivity contribution in [3.05, 3.63) is 12.7 Å². The molecule has 0 aromatic heterocycles. The van der Waals surface area contributed by atoms with Crippen LogP contribution in [0.3, 0.4) is 0 Å². The van der Waals surface area contributed by atoms with E-state index in [-0.39, 0.29) is 5.54 Å². The molecule has 0 amide bonds. The van der Waals surface area contributed by atoms with Crippen molar-refractivity contribution in [2.75, 3.05) is 0 Å². The maximum absolute atomic E-state index is 9.88. The molecular formula is C5H10OSi. The van der Waals surface area contributed by atoms with Gasteiger partial charge in [0, 0.05) is 15.8 Å². The van der Waals surface area contributed by atoms with Crippen LogP contribution in [0, 0.1) is 0 Å². The van der Waals surface area contributed by atoms with E-state index in [1.165, 1.54) is 0 Å². The van der Waals surface area contributed by atoms with Crippen LogP contribution in [0.15, 0.2) is 12.7 Å². The van der Waals surface area contributed by atoms with Crippen LogP contribution >= 0.6 is 0 Å². The maximum atomic E-state index is 9.88. The molecule has 0 saturated carbocycles. The van der Waals surface area contributed by atoms with Gasteiger partial charge in [0.15, 0.2) is 0 Å². The van der Waals surface area contributed by atoms with E-state index in [4.69, 9.17) is 0 Å². The van der Waals surface area contributed by atoms with Gasteiger partial charge in [-0.3, -0.25) is 0 Å². The second-order valence-corrected chi connectivity index (χ2v) is 3.12. The van der Waals surface area contributed by atoms with Gasteiger partial charge >= 0.3 is 0 Å². The summed E-state index contributed by atoms with van der Waals surface area (Å²) < 4.78 is 0. The van der Waals surface area contributed by atoms with Crippen LogP contribution in [0.1, 0.15) is 6.42 Å². The first-order valence-corrected chi connectivity index (χ1v) is 3.53. The van der Waals surface area contributed by atoms with Crippen LogP contribution in [-0.2, 0) is 4.79 Å². The van der Waals surface area contributed by atoms with Crippen LogP contribution in [0.4, 0.5) is 0 Å². The Morgan fingerprint density at radius 2 is 2.43 bits per heavy atom. The summed E-state index contributed by atoms with van der Waals surface area (Å²) in [6.45, 7) is 3.51. The van der Waals surface area contributed by atoms with Crippen LogP contribution < -0.4 is 0 Å². The SMILES string of the molecule is C=CCC([SiH3])C=O. The molecule has 0 fully saturated rings. The molecule has 0 radical (unpaired) electrons. The zero-order valence-electron chi connectivity index (χ0n) is 4.55. The van der Waals surface area contributed by atoms with Gasteiger partial charge in [-0.1, -0.05) is 6.08 Å². The molecule has 0 bridgehead atoms. The van der Waals surface area contributed by atoms with Gasteiger partial charge < -0.3 is 4.79 Å². The first kappa shape index (κ1) is 6.63. The molecule has 0 aliphatic carbocycles. The fraction of sp³-hybridized carbons (Fsp3) is 0.400. The van der Waals surface area contributed by atoms with Crippen molar-refractivity contribution < 1.29 is 4.79 Å². The summed E-state index contributed by atoms with van der Waals surface area (Å²) in [6.07, 6.45) is 3.63. The van der Waals surface area contributed by atoms with E-state index >= 15 is 0 Å². The highest BCUT2D eigenvalue weighted by atomic mass is 28.1. The molecule has 0 N–H and O–H groups in total. The average Bonchev–Trinajstić information content (AvgIpc) is 1.68.